The molecule has 0 amide bonds. The largest absolute Gasteiger partial charge is 0.465 e. The Hall–Kier alpha value is -1.95. The standard InChI is InChI=1S/C19H22ClFN2O2/c1-2-25-19(24)18(23)11-15(22)9-12-3-5-13(6-4-12)16-10-14(20)7-8-17(16)21/h3-8,10,15,18H,2,9,11,22-23H2,1H3. The van der Waals surface area contributed by atoms with Gasteiger partial charge in [0.25, 0.3) is 0 Å². The van der Waals surface area contributed by atoms with Gasteiger partial charge >= 0.3 is 5.97 Å². The summed E-state index contributed by atoms with van der Waals surface area (Å²) in [5, 5.41) is 0.482. The highest BCUT2D eigenvalue weighted by molar-refractivity contribution is 6.30. The number of carbonyl (C=O) groups is 1. The third-order valence-electron chi connectivity index (χ3n) is 3.84. The van der Waals surface area contributed by atoms with Gasteiger partial charge in [0.2, 0.25) is 0 Å². The van der Waals surface area contributed by atoms with Gasteiger partial charge in [0.1, 0.15) is 11.9 Å². The molecule has 2 rings (SSSR count). The van der Waals surface area contributed by atoms with E-state index in [0.29, 0.717) is 30.0 Å². The minimum atomic E-state index is -0.727. The fourth-order valence-corrected chi connectivity index (χ4v) is 2.77. The van der Waals surface area contributed by atoms with E-state index >= 15 is 0 Å². The van der Waals surface area contributed by atoms with Crippen LogP contribution in [0.2, 0.25) is 5.02 Å². The summed E-state index contributed by atoms with van der Waals surface area (Å²) in [5.74, 6) is -0.765. The third kappa shape index (κ3) is 5.53. The molecule has 0 spiro atoms. The quantitative estimate of drug-likeness (QED) is 0.739. The Morgan fingerprint density at radius 1 is 1.20 bits per heavy atom. The molecule has 0 radical (unpaired) electrons. The van der Waals surface area contributed by atoms with Crippen molar-refractivity contribution in [2.45, 2.75) is 31.8 Å². The maximum Gasteiger partial charge on any atom is 0.322 e. The van der Waals surface area contributed by atoms with Gasteiger partial charge in [-0.3, -0.25) is 4.79 Å². The molecule has 0 aliphatic rings. The van der Waals surface area contributed by atoms with Crippen LogP contribution in [0.4, 0.5) is 4.39 Å². The monoisotopic (exact) mass is 364 g/mol. The summed E-state index contributed by atoms with van der Waals surface area (Å²) >= 11 is 5.93. The van der Waals surface area contributed by atoms with Crippen LogP contribution in [0.5, 0.6) is 0 Å². The van der Waals surface area contributed by atoms with E-state index < -0.39 is 12.0 Å². The Morgan fingerprint density at radius 2 is 1.88 bits per heavy atom. The summed E-state index contributed by atoms with van der Waals surface area (Å²) in [6.07, 6.45) is 0.898. The molecule has 0 aliphatic carbocycles. The number of nitrogens with two attached hydrogens (primary N) is 2. The minimum absolute atomic E-state index is 0.270. The van der Waals surface area contributed by atoms with Crippen LogP contribution in [0.15, 0.2) is 42.5 Å². The van der Waals surface area contributed by atoms with E-state index in [0.717, 1.165) is 11.1 Å². The van der Waals surface area contributed by atoms with E-state index in [4.69, 9.17) is 27.8 Å². The maximum absolute atomic E-state index is 13.9. The van der Waals surface area contributed by atoms with Crippen LogP contribution in [0.25, 0.3) is 11.1 Å². The highest BCUT2D eigenvalue weighted by atomic mass is 35.5. The molecule has 6 heteroatoms. The molecule has 134 valence electrons. The van der Waals surface area contributed by atoms with Gasteiger partial charge in [-0.2, -0.15) is 0 Å². The normalized spacial score (nSPS) is 13.3. The molecule has 0 aromatic heterocycles. The molecule has 2 aromatic rings. The zero-order chi connectivity index (χ0) is 18.4. The van der Waals surface area contributed by atoms with Gasteiger partial charge in [-0.15, -0.1) is 0 Å². The van der Waals surface area contributed by atoms with Crippen molar-refractivity contribution in [3.63, 3.8) is 0 Å². The minimum Gasteiger partial charge on any atom is -0.465 e. The summed E-state index contributed by atoms with van der Waals surface area (Å²) in [6, 6.07) is 10.9. The molecule has 0 bridgehead atoms. The number of esters is 1. The first-order valence-corrected chi connectivity index (χ1v) is 8.50. The fourth-order valence-electron chi connectivity index (χ4n) is 2.60. The lowest BCUT2D eigenvalue weighted by Gasteiger charge is -2.16. The van der Waals surface area contributed by atoms with E-state index in [2.05, 4.69) is 0 Å². The summed E-state index contributed by atoms with van der Waals surface area (Å²) in [7, 11) is 0. The molecule has 0 saturated carbocycles. The maximum atomic E-state index is 13.9. The summed E-state index contributed by atoms with van der Waals surface area (Å²) in [6.45, 7) is 2.03. The van der Waals surface area contributed by atoms with Crippen LogP contribution in [0, 0.1) is 5.82 Å². The molecule has 2 aromatic carbocycles. The lowest BCUT2D eigenvalue weighted by Crippen LogP contribution is -2.39. The SMILES string of the molecule is CCOC(=O)C(N)CC(N)Cc1ccc(-c2cc(Cl)ccc2F)cc1. The number of hydrogen-bond acceptors (Lipinski definition) is 4. The highest BCUT2D eigenvalue weighted by Crippen LogP contribution is 2.26. The Kier molecular flexibility index (Phi) is 6.93. The molecular formula is C19H22ClFN2O2. The van der Waals surface area contributed by atoms with Crippen LogP contribution in [-0.4, -0.2) is 24.7 Å². The molecule has 0 saturated heterocycles. The van der Waals surface area contributed by atoms with Gasteiger partial charge in [0.15, 0.2) is 0 Å². The van der Waals surface area contributed by atoms with Gasteiger partial charge in [-0.25, -0.2) is 4.39 Å². The summed E-state index contributed by atoms with van der Waals surface area (Å²) < 4.78 is 18.8. The van der Waals surface area contributed by atoms with Crippen LogP contribution < -0.4 is 11.5 Å². The van der Waals surface area contributed by atoms with Crippen molar-refractivity contribution in [3.8, 4) is 11.1 Å². The van der Waals surface area contributed by atoms with Crippen molar-refractivity contribution in [1.29, 1.82) is 0 Å². The molecule has 4 nitrogen and oxygen atoms in total. The fraction of sp³-hybridized carbons (Fsp3) is 0.316. The van der Waals surface area contributed by atoms with Gasteiger partial charge in [0.05, 0.1) is 6.61 Å². The number of benzene rings is 2. The topological polar surface area (TPSA) is 78.3 Å². The third-order valence-corrected chi connectivity index (χ3v) is 4.07. The van der Waals surface area contributed by atoms with E-state index in [1.807, 2.05) is 24.3 Å². The number of rotatable bonds is 7. The predicted octanol–water partition coefficient (Wildman–Crippen LogP) is 3.30. The first-order chi connectivity index (χ1) is 11.9. The Bertz CT molecular complexity index is 722. The van der Waals surface area contributed by atoms with E-state index in [1.165, 1.54) is 12.1 Å². The average Bonchev–Trinajstić information content (AvgIpc) is 2.58. The molecule has 25 heavy (non-hydrogen) atoms. The smallest absolute Gasteiger partial charge is 0.322 e. The van der Waals surface area contributed by atoms with Crippen molar-refractivity contribution in [3.05, 3.63) is 58.9 Å². The highest BCUT2D eigenvalue weighted by Gasteiger charge is 2.18. The predicted molar refractivity (Wildman–Crippen MR) is 97.8 cm³/mol. The van der Waals surface area contributed by atoms with Crippen molar-refractivity contribution in [2.75, 3.05) is 6.61 Å². The molecule has 4 N–H and O–H groups in total. The van der Waals surface area contributed by atoms with Crippen molar-refractivity contribution in [1.82, 2.24) is 0 Å². The zero-order valence-corrected chi connectivity index (χ0v) is 14.8. The molecule has 0 aliphatic heterocycles. The van der Waals surface area contributed by atoms with Gasteiger partial charge < -0.3 is 16.2 Å². The van der Waals surface area contributed by atoms with Crippen molar-refractivity contribution >= 4 is 17.6 Å². The van der Waals surface area contributed by atoms with E-state index in [-0.39, 0.29) is 11.9 Å². The van der Waals surface area contributed by atoms with Crippen LogP contribution >= 0.6 is 11.6 Å². The molecular weight excluding hydrogens is 343 g/mol. The second kappa shape index (κ2) is 8.94. The summed E-state index contributed by atoms with van der Waals surface area (Å²) in [4.78, 5) is 11.5. The average molecular weight is 365 g/mol. The Morgan fingerprint density at radius 3 is 2.52 bits per heavy atom. The molecule has 0 heterocycles. The van der Waals surface area contributed by atoms with Gasteiger partial charge in [-0.05, 0) is 49.1 Å². The van der Waals surface area contributed by atoms with Crippen LogP contribution in [-0.2, 0) is 16.0 Å². The number of hydrogen-bond donors (Lipinski definition) is 2. The lowest BCUT2D eigenvalue weighted by molar-refractivity contribution is -0.144. The molecule has 2 unspecified atom stereocenters. The first kappa shape index (κ1) is 19.4. The molecule has 2 atom stereocenters. The number of ether oxygens (including phenoxy) is 1. The van der Waals surface area contributed by atoms with Crippen LogP contribution in [0.3, 0.4) is 0 Å². The Balaban J connectivity index is 2.00. The van der Waals surface area contributed by atoms with Crippen LogP contribution in [0.1, 0.15) is 18.9 Å². The number of halogens is 2. The van der Waals surface area contributed by atoms with E-state index in [9.17, 15) is 9.18 Å². The second-order valence-corrected chi connectivity index (χ2v) is 6.32. The first-order valence-electron chi connectivity index (χ1n) is 8.13. The second-order valence-electron chi connectivity index (χ2n) is 5.88. The van der Waals surface area contributed by atoms with E-state index in [1.54, 1.807) is 13.0 Å². The zero-order valence-electron chi connectivity index (χ0n) is 14.0. The Labute approximate surface area is 151 Å². The lowest BCUT2D eigenvalue weighted by atomic mass is 9.98. The summed E-state index contributed by atoms with van der Waals surface area (Å²) in [5.41, 5.74) is 14.0. The van der Waals surface area contributed by atoms with Gasteiger partial charge in [-0.1, -0.05) is 35.9 Å². The number of carbonyl (C=O) groups excluding carboxylic acids is 1. The molecule has 0 fully saturated rings. The van der Waals surface area contributed by atoms with Crippen molar-refractivity contribution < 1.29 is 13.9 Å². The van der Waals surface area contributed by atoms with Gasteiger partial charge in [0, 0.05) is 16.6 Å². The van der Waals surface area contributed by atoms with Crippen molar-refractivity contribution in [2.24, 2.45) is 11.5 Å².